The molecule has 0 saturated carbocycles. The second kappa shape index (κ2) is 7.05. The van der Waals surface area contributed by atoms with Gasteiger partial charge in [0, 0.05) is 28.9 Å². The highest BCUT2D eigenvalue weighted by Crippen LogP contribution is 2.29. The number of benzene rings is 1. The maximum Gasteiger partial charge on any atom is 0.305 e. The second-order valence-electron chi connectivity index (χ2n) is 5.43. The highest BCUT2D eigenvalue weighted by atomic mass is 32.1. The Balaban J connectivity index is 1.69. The average molecular weight is 317 g/mol. The van der Waals surface area contributed by atoms with Crippen LogP contribution >= 0.6 is 11.3 Å². The highest BCUT2D eigenvalue weighted by Gasteiger charge is 2.25. The molecular formula is C17H19NO3S. The van der Waals surface area contributed by atoms with Gasteiger partial charge in [-0.05, 0) is 17.7 Å². The highest BCUT2D eigenvalue weighted by molar-refractivity contribution is 7.15. The van der Waals surface area contributed by atoms with Crippen molar-refractivity contribution >= 4 is 17.3 Å². The summed E-state index contributed by atoms with van der Waals surface area (Å²) in [6.07, 6.45) is 0.136. The first-order valence-electron chi connectivity index (χ1n) is 7.40. The van der Waals surface area contributed by atoms with Gasteiger partial charge in [-0.15, -0.1) is 11.3 Å². The van der Waals surface area contributed by atoms with E-state index in [4.69, 9.17) is 9.84 Å². The van der Waals surface area contributed by atoms with E-state index in [1.54, 1.807) is 11.3 Å². The molecule has 0 bridgehead atoms. The number of hydrogen-bond donors (Lipinski definition) is 1. The van der Waals surface area contributed by atoms with Crippen molar-refractivity contribution in [2.24, 2.45) is 0 Å². The first-order chi connectivity index (χ1) is 10.7. The summed E-state index contributed by atoms with van der Waals surface area (Å²) in [4.78, 5) is 15.7. The van der Waals surface area contributed by atoms with Gasteiger partial charge in [-0.25, -0.2) is 0 Å². The maximum absolute atomic E-state index is 11.0. The molecule has 0 unspecified atom stereocenters. The molecule has 0 amide bonds. The summed E-state index contributed by atoms with van der Waals surface area (Å²) in [6.45, 7) is 2.76. The Kier molecular flexibility index (Phi) is 4.87. The molecule has 5 heteroatoms. The molecule has 4 nitrogen and oxygen atoms in total. The number of morpholine rings is 1. The van der Waals surface area contributed by atoms with Gasteiger partial charge in [-0.2, -0.15) is 0 Å². The molecule has 1 N–H and O–H groups in total. The summed E-state index contributed by atoms with van der Waals surface area (Å²) in [6, 6.07) is 14.6. The van der Waals surface area contributed by atoms with Crippen LogP contribution in [-0.4, -0.2) is 41.8 Å². The molecule has 2 aromatic rings. The van der Waals surface area contributed by atoms with E-state index >= 15 is 0 Å². The molecule has 1 atom stereocenters. The van der Waals surface area contributed by atoms with Crippen molar-refractivity contribution in [3.8, 4) is 10.4 Å². The Morgan fingerprint density at radius 1 is 1.27 bits per heavy atom. The van der Waals surface area contributed by atoms with Crippen molar-refractivity contribution in [2.45, 2.75) is 19.0 Å². The van der Waals surface area contributed by atoms with E-state index in [1.165, 1.54) is 15.3 Å². The van der Waals surface area contributed by atoms with Crippen LogP contribution in [0.4, 0.5) is 0 Å². The number of ether oxygens (including phenoxy) is 1. The van der Waals surface area contributed by atoms with Crippen molar-refractivity contribution in [1.82, 2.24) is 4.90 Å². The topological polar surface area (TPSA) is 49.8 Å². The summed E-state index contributed by atoms with van der Waals surface area (Å²) < 4.78 is 5.42. The number of carboxylic acid groups (broad SMARTS) is 1. The van der Waals surface area contributed by atoms with Crippen LogP contribution in [0, 0.1) is 0 Å². The van der Waals surface area contributed by atoms with Crippen LogP contribution in [0.3, 0.4) is 0 Å². The number of aliphatic carboxylic acids is 1. The van der Waals surface area contributed by atoms with Gasteiger partial charge in [0.1, 0.15) is 0 Å². The Bertz CT molecular complexity index is 626. The van der Waals surface area contributed by atoms with Crippen molar-refractivity contribution < 1.29 is 14.6 Å². The molecule has 1 aliphatic rings. The quantitative estimate of drug-likeness (QED) is 0.920. The third-order valence-corrected chi connectivity index (χ3v) is 4.96. The van der Waals surface area contributed by atoms with Crippen molar-refractivity contribution in [3.05, 3.63) is 47.3 Å². The molecule has 116 valence electrons. The van der Waals surface area contributed by atoms with Crippen LogP contribution in [0.15, 0.2) is 42.5 Å². The van der Waals surface area contributed by atoms with Gasteiger partial charge in [-0.3, -0.25) is 9.69 Å². The molecule has 1 aliphatic heterocycles. The molecule has 1 saturated heterocycles. The van der Waals surface area contributed by atoms with Crippen LogP contribution in [0.5, 0.6) is 0 Å². The average Bonchev–Trinajstić information content (AvgIpc) is 2.98. The predicted molar refractivity (Wildman–Crippen MR) is 87.0 cm³/mol. The summed E-state index contributed by atoms with van der Waals surface area (Å²) in [5.41, 5.74) is 1.22. The predicted octanol–water partition coefficient (Wildman–Crippen LogP) is 3.09. The van der Waals surface area contributed by atoms with Crippen LogP contribution in [0.2, 0.25) is 0 Å². The lowest BCUT2D eigenvalue weighted by atomic mass is 10.1. The Morgan fingerprint density at radius 3 is 2.86 bits per heavy atom. The van der Waals surface area contributed by atoms with Gasteiger partial charge < -0.3 is 9.84 Å². The number of rotatable bonds is 5. The number of nitrogens with zero attached hydrogens (tertiary/aromatic N) is 1. The largest absolute Gasteiger partial charge is 0.481 e. The molecule has 0 radical (unpaired) electrons. The molecule has 2 heterocycles. The van der Waals surface area contributed by atoms with E-state index in [1.807, 2.05) is 18.2 Å². The third-order valence-electron chi connectivity index (χ3n) is 3.84. The van der Waals surface area contributed by atoms with Crippen LogP contribution < -0.4 is 0 Å². The minimum atomic E-state index is -0.767. The Hall–Kier alpha value is -1.69. The molecule has 0 spiro atoms. The minimum Gasteiger partial charge on any atom is -0.481 e. The Morgan fingerprint density at radius 2 is 2.09 bits per heavy atom. The number of thiophene rings is 1. The van der Waals surface area contributed by atoms with Crippen molar-refractivity contribution in [3.63, 3.8) is 0 Å². The molecule has 1 aromatic carbocycles. The first kappa shape index (κ1) is 15.2. The van der Waals surface area contributed by atoms with Gasteiger partial charge in [0.15, 0.2) is 0 Å². The fourth-order valence-corrected chi connectivity index (χ4v) is 3.75. The zero-order valence-corrected chi connectivity index (χ0v) is 13.1. The monoisotopic (exact) mass is 317 g/mol. The fourth-order valence-electron chi connectivity index (χ4n) is 2.71. The smallest absolute Gasteiger partial charge is 0.305 e. The molecule has 0 aliphatic carbocycles. The Labute approximate surface area is 134 Å². The van der Waals surface area contributed by atoms with E-state index in [-0.39, 0.29) is 12.5 Å². The van der Waals surface area contributed by atoms with Crippen molar-refractivity contribution in [1.29, 1.82) is 0 Å². The fraction of sp³-hybridized carbons (Fsp3) is 0.353. The molecule has 1 aromatic heterocycles. The number of hydrogen-bond acceptors (Lipinski definition) is 4. The van der Waals surface area contributed by atoms with Crippen molar-refractivity contribution in [2.75, 3.05) is 19.8 Å². The van der Waals surface area contributed by atoms with Gasteiger partial charge in [0.2, 0.25) is 0 Å². The minimum absolute atomic E-state index is 0.0338. The van der Waals surface area contributed by atoms with E-state index < -0.39 is 5.97 Å². The lowest BCUT2D eigenvalue weighted by Crippen LogP contribution is -2.45. The number of carboxylic acids is 1. The van der Waals surface area contributed by atoms with Crippen LogP contribution in [-0.2, 0) is 16.1 Å². The summed E-state index contributed by atoms with van der Waals surface area (Å²) in [7, 11) is 0. The van der Waals surface area contributed by atoms with Crippen LogP contribution in [0.1, 0.15) is 11.3 Å². The van der Waals surface area contributed by atoms with E-state index in [2.05, 4.69) is 29.2 Å². The molecular weight excluding hydrogens is 298 g/mol. The molecule has 3 rings (SSSR count). The van der Waals surface area contributed by atoms with E-state index in [0.29, 0.717) is 13.2 Å². The zero-order valence-electron chi connectivity index (χ0n) is 12.3. The number of carbonyl (C=O) groups is 1. The molecule has 1 fully saturated rings. The SMILES string of the molecule is O=C(O)C[C@@H]1COCCN1Cc1ccc(-c2ccccc2)s1. The van der Waals surface area contributed by atoms with Gasteiger partial charge in [0.05, 0.1) is 19.6 Å². The second-order valence-corrected chi connectivity index (χ2v) is 6.60. The maximum atomic E-state index is 11.0. The lowest BCUT2D eigenvalue weighted by molar-refractivity contribution is -0.140. The normalized spacial score (nSPS) is 19.2. The first-order valence-corrected chi connectivity index (χ1v) is 8.22. The van der Waals surface area contributed by atoms with Gasteiger partial charge in [0.25, 0.3) is 0 Å². The lowest BCUT2D eigenvalue weighted by Gasteiger charge is -2.34. The summed E-state index contributed by atoms with van der Waals surface area (Å²) in [5, 5.41) is 9.02. The standard InChI is InChI=1S/C17H19NO3S/c19-17(20)10-14-12-21-9-8-18(14)11-15-6-7-16(22-15)13-4-2-1-3-5-13/h1-7,14H,8-12H2,(H,19,20)/t14-/m1/s1. The van der Waals surface area contributed by atoms with E-state index in [9.17, 15) is 4.79 Å². The molecule has 22 heavy (non-hydrogen) atoms. The van der Waals surface area contributed by atoms with Gasteiger partial charge in [-0.1, -0.05) is 30.3 Å². The van der Waals surface area contributed by atoms with Gasteiger partial charge >= 0.3 is 5.97 Å². The zero-order chi connectivity index (χ0) is 15.4. The van der Waals surface area contributed by atoms with E-state index in [0.717, 1.165) is 13.1 Å². The third kappa shape index (κ3) is 3.74. The summed E-state index contributed by atoms with van der Waals surface area (Å²) >= 11 is 1.77. The van der Waals surface area contributed by atoms with Crippen LogP contribution in [0.25, 0.3) is 10.4 Å². The summed E-state index contributed by atoms with van der Waals surface area (Å²) in [5.74, 6) is -0.767.